The van der Waals surface area contributed by atoms with Gasteiger partial charge in [0.2, 0.25) is 0 Å². The van der Waals surface area contributed by atoms with Crippen LogP contribution in [-0.2, 0) is 0 Å². The van der Waals surface area contributed by atoms with Crippen molar-refractivity contribution in [2.75, 3.05) is 25.5 Å². The Labute approximate surface area is 120 Å². The van der Waals surface area contributed by atoms with E-state index in [1.165, 1.54) is 38.5 Å². The number of piperidine rings is 1. The Hall–Kier alpha value is -1.58. The zero-order chi connectivity index (χ0) is 14.0. The quantitative estimate of drug-likeness (QED) is 0.901. The Balaban J connectivity index is 1.63. The first-order valence-corrected chi connectivity index (χ1v) is 7.66. The summed E-state index contributed by atoms with van der Waals surface area (Å²) in [6.07, 6.45) is 9.55. The van der Waals surface area contributed by atoms with Crippen molar-refractivity contribution in [3.63, 3.8) is 0 Å². The maximum Gasteiger partial charge on any atom is 0.272 e. The molecular formula is C16H23N3O. The fraction of sp³-hybridized carbons (Fsp3) is 0.625. The number of amides is 1. The van der Waals surface area contributed by atoms with Crippen LogP contribution < -0.4 is 5.32 Å². The second-order valence-electron chi connectivity index (χ2n) is 6.18. The van der Waals surface area contributed by atoms with Crippen molar-refractivity contribution in [3.05, 3.63) is 24.0 Å². The molecule has 4 heteroatoms. The van der Waals surface area contributed by atoms with Gasteiger partial charge in [-0.05, 0) is 43.2 Å². The minimum Gasteiger partial charge on any atom is -0.387 e. The lowest BCUT2D eigenvalue weighted by atomic mass is 9.77. The summed E-state index contributed by atoms with van der Waals surface area (Å²) >= 11 is 0. The summed E-state index contributed by atoms with van der Waals surface area (Å²) in [5, 5.41) is 3.02. The molecule has 20 heavy (non-hydrogen) atoms. The van der Waals surface area contributed by atoms with E-state index < -0.39 is 0 Å². The average Bonchev–Trinajstić information content (AvgIpc) is 2.96. The van der Waals surface area contributed by atoms with E-state index in [-0.39, 0.29) is 5.91 Å². The summed E-state index contributed by atoms with van der Waals surface area (Å²) in [6, 6.07) is 3.72. The number of nitrogens with one attached hydrogen (secondary N) is 1. The smallest absolute Gasteiger partial charge is 0.272 e. The summed E-state index contributed by atoms with van der Waals surface area (Å²) in [7, 11) is 1.85. The lowest BCUT2D eigenvalue weighted by Crippen LogP contribution is -2.42. The Kier molecular flexibility index (Phi) is 3.64. The molecule has 1 saturated heterocycles. The number of carbonyl (C=O) groups is 1. The predicted octanol–water partition coefficient (Wildman–Crippen LogP) is 2.92. The molecule has 0 radical (unpaired) electrons. The van der Waals surface area contributed by atoms with Gasteiger partial charge in [0.15, 0.2) is 0 Å². The number of hydrogen-bond donors (Lipinski definition) is 1. The molecule has 1 aliphatic carbocycles. The largest absolute Gasteiger partial charge is 0.387 e. The molecule has 1 aromatic rings. The summed E-state index contributed by atoms with van der Waals surface area (Å²) in [4.78, 5) is 18.7. The van der Waals surface area contributed by atoms with Crippen LogP contribution in [0.25, 0.3) is 0 Å². The average molecular weight is 273 g/mol. The molecule has 1 saturated carbocycles. The second kappa shape index (κ2) is 5.43. The highest BCUT2D eigenvalue weighted by molar-refractivity contribution is 5.92. The molecule has 2 fully saturated rings. The Morgan fingerprint density at radius 3 is 2.45 bits per heavy atom. The standard InChI is InChI=1S/C16H23N3O/c1-17-13-4-5-14(18-12-13)15(20)19-10-8-16(9-11-19)6-2-3-7-16/h4-5,12,17H,2-3,6-11H2,1H3. The van der Waals surface area contributed by atoms with Crippen molar-refractivity contribution >= 4 is 11.6 Å². The van der Waals surface area contributed by atoms with Crippen LogP contribution >= 0.6 is 0 Å². The summed E-state index contributed by atoms with van der Waals surface area (Å²) in [5.74, 6) is 0.0838. The van der Waals surface area contributed by atoms with Crippen LogP contribution in [-0.4, -0.2) is 35.9 Å². The Morgan fingerprint density at radius 1 is 1.20 bits per heavy atom. The molecule has 2 heterocycles. The summed E-state index contributed by atoms with van der Waals surface area (Å²) in [6.45, 7) is 1.79. The van der Waals surface area contributed by atoms with E-state index in [9.17, 15) is 4.79 Å². The van der Waals surface area contributed by atoms with E-state index in [1.54, 1.807) is 6.20 Å². The molecule has 1 amide bonds. The first kappa shape index (κ1) is 13.4. The number of likely N-dealkylation sites (tertiary alicyclic amines) is 1. The van der Waals surface area contributed by atoms with E-state index >= 15 is 0 Å². The summed E-state index contributed by atoms with van der Waals surface area (Å²) < 4.78 is 0. The maximum absolute atomic E-state index is 12.4. The SMILES string of the molecule is CNc1ccc(C(=O)N2CCC3(CCCC3)CC2)nc1. The van der Waals surface area contributed by atoms with Gasteiger partial charge in [-0.3, -0.25) is 4.79 Å². The fourth-order valence-corrected chi connectivity index (χ4v) is 3.64. The number of rotatable bonds is 2. The molecule has 4 nitrogen and oxygen atoms in total. The van der Waals surface area contributed by atoms with E-state index in [4.69, 9.17) is 0 Å². The molecule has 0 unspecified atom stereocenters. The molecular weight excluding hydrogens is 250 g/mol. The third kappa shape index (κ3) is 2.51. The lowest BCUT2D eigenvalue weighted by molar-refractivity contribution is 0.0582. The maximum atomic E-state index is 12.4. The zero-order valence-electron chi connectivity index (χ0n) is 12.2. The molecule has 0 aromatic carbocycles. The van der Waals surface area contributed by atoms with Crippen molar-refractivity contribution in [1.82, 2.24) is 9.88 Å². The van der Waals surface area contributed by atoms with Crippen LogP contribution in [0.5, 0.6) is 0 Å². The van der Waals surface area contributed by atoms with Crippen molar-refractivity contribution in [2.24, 2.45) is 5.41 Å². The van der Waals surface area contributed by atoms with Crippen LogP contribution in [0, 0.1) is 5.41 Å². The summed E-state index contributed by atoms with van der Waals surface area (Å²) in [5.41, 5.74) is 2.05. The van der Waals surface area contributed by atoms with Crippen LogP contribution in [0.3, 0.4) is 0 Å². The number of nitrogens with zero attached hydrogens (tertiary/aromatic N) is 2. The monoisotopic (exact) mass is 273 g/mol. The van der Waals surface area contributed by atoms with Gasteiger partial charge in [0.05, 0.1) is 11.9 Å². The highest BCUT2D eigenvalue weighted by atomic mass is 16.2. The Morgan fingerprint density at radius 2 is 1.90 bits per heavy atom. The molecule has 1 aliphatic heterocycles. The first-order valence-electron chi connectivity index (χ1n) is 7.66. The normalized spacial score (nSPS) is 21.1. The molecule has 1 N–H and O–H groups in total. The number of aromatic nitrogens is 1. The predicted molar refractivity (Wildman–Crippen MR) is 79.8 cm³/mol. The van der Waals surface area contributed by atoms with E-state index in [0.717, 1.165) is 18.8 Å². The Bertz CT molecular complexity index is 467. The van der Waals surface area contributed by atoms with E-state index in [2.05, 4.69) is 10.3 Å². The van der Waals surface area contributed by atoms with Gasteiger partial charge in [0.25, 0.3) is 5.91 Å². The topological polar surface area (TPSA) is 45.2 Å². The molecule has 3 rings (SSSR count). The van der Waals surface area contributed by atoms with Gasteiger partial charge >= 0.3 is 0 Å². The number of anilines is 1. The fourth-order valence-electron chi connectivity index (χ4n) is 3.64. The van der Waals surface area contributed by atoms with Crippen LogP contribution in [0.4, 0.5) is 5.69 Å². The van der Waals surface area contributed by atoms with Crippen LogP contribution in [0.1, 0.15) is 49.0 Å². The van der Waals surface area contributed by atoms with Gasteiger partial charge in [-0.1, -0.05) is 12.8 Å². The third-order valence-electron chi connectivity index (χ3n) is 5.05. The van der Waals surface area contributed by atoms with Crippen LogP contribution in [0.15, 0.2) is 18.3 Å². The van der Waals surface area contributed by atoms with Crippen molar-refractivity contribution in [3.8, 4) is 0 Å². The van der Waals surface area contributed by atoms with Crippen LogP contribution in [0.2, 0.25) is 0 Å². The minimum atomic E-state index is 0.0838. The highest BCUT2D eigenvalue weighted by Crippen LogP contribution is 2.46. The molecule has 2 aliphatic rings. The van der Waals surface area contributed by atoms with Gasteiger partial charge in [-0.15, -0.1) is 0 Å². The highest BCUT2D eigenvalue weighted by Gasteiger charge is 2.38. The van der Waals surface area contributed by atoms with Crippen molar-refractivity contribution < 1.29 is 4.79 Å². The minimum absolute atomic E-state index is 0.0838. The molecule has 0 bridgehead atoms. The van der Waals surface area contributed by atoms with Gasteiger partial charge in [0.1, 0.15) is 5.69 Å². The number of carbonyl (C=O) groups excluding carboxylic acids is 1. The van der Waals surface area contributed by atoms with E-state index in [1.807, 2.05) is 24.1 Å². The van der Waals surface area contributed by atoms with Gasteiger partial charge < -0.3 is 10.2 Å². The number of pyridine rings is 1. The molecule has 0 atom stereocenters. The molecule has 1 spiro atoms. The zero-order valence-corrected chi connectivity index (χ0v) is 12.2. The van der Waals surface area contributed by atoms with Crippen molar-refractivity contribution in [1.29, 1.82) is 0 Å². The number of hydrogen-bond acceptors (Lipinski definition) is 3. The van der Waals surface area contributed by atoms with Gasteiger partial charge in [-0.25, -0.2) is 4.98 Å². The van der Waals surface area contributed by atoms with Crippen molar-refractivity contribution in [2.45, 2.75) is 38.5 Å². The van der Waals surface area contributed by atoms with Gasteiger partial charge in [0, 0.05) is 20.1 Å². The first-order chi connectivity index (χ1) is 9.72. The lowest BCUT2D eigenvalue weighted by Gasteiger charge is -2.39. The molecule has 1 aromatic heterocycles. The third-order valence-corrected chi connectivity index (χ3v) is 5.05. The van der Waals surface area contributed by atoms with E-state index in [0.29, 0.717) is 11.1 Å². The molecule has 108 valence electrons. The second-order valence-corrected chi connectivity index (χ2v) is 6.18. The van der Waals surface area contributed by atoms with Gasteiger partial charge in [-0.2, -0.15) is 0 Å².